The lowest BCUT2D eigenvalue weighted by Crippen LogP contribution is -2.33. The van der Waals surface area contributed by atoms with Gasteiger partial charge in [-0.15, -0.1) is 0 Å². The van der Waals surface area contributed by atoms with Crippen LogP contribution in [0.1, 0.15) is 22.5 Å². The van der Waals surface area contributed by atoms with Crippen LogP contribution in [0.15, 0.2) is 76.7 Å². The molecule has 0 aliphatic carbocycles. The molecule has 1 aliphatic heterocycles. The van der Waals surface area contributed by atoms with Crippen molar-refractivity contribution in [3.63, 3.8) is 0 Å². The molecule has 2 bridgehead atoms. The minimum absolute atomic E-state index is 0.367. The fraction of sp³-hybridized carbons (Fsp3) is 0.296. The molecule has 0 spiro atoms. The second-order valence-electron chi connectivity index (χ2n) is 7.97. The summed E-state index contributed by atoms with van der Waals surface area (Å²) in [6.07, 6.45) is 3.75. The van der Waals surface area contributed by atoms with E-state index in [1.165, 1.54) is 0 Å². The van der Waals surface area contributed by atoms with Gasteiger partial charge < -0.3 is 15.2 Å². The van der Waals surface area contributed by atoms with Gasteiger partial charge in [0.25, 0.3) is 0 Å². The molecule has 0 unspecified atom stereocenters. The van der Waals surface area contributed by atoms with Gasteiger partial charge in [-0.3, -0.25) is 19.9 Å². The highest BCUT2D eigenvalue weighted by Gasteiger charge is 2.07. The third-order valence-electron chi connectivity index (χ3n) is 5.45. The summed E-state index contributed by atoms with van der Waals surface area (Å²) in [7, 11) is 0. The van der Waals surface area contributed by atoms with Crippen molar-refractivity contribution >= 4 is 12.4 Å². The van der Waals surface area contributed by atoms with Crippen LogP contribution in [0.5, 0.6) is 11.5 Å². The summed E-state index contributed by atoms with van der Waals surface area (Å²) >= 11 is 0. The summed E-state index contributed by atoms with van der Waals surface area (Å²) in [4.78, 5) is 16.3. The van der Waals surface area contributed by atoms with Gasteiger partial charge in [0.2, 0.25) is 0 Å². The lowest BCUT2D eigenvalue weighted by Gasteiger charge is -2.19. The van der Waals surface area contributed by atoms with E-state index in [0.717, 1.165) is 53.6 Å². The summed E-state index contributed by atoms with van der Waals surface area (Å²) < 4.78 is 12.2. The molecule has 0 radical (unpaired) electrons. The number of pyridine rings is 1. The smallest absolute Gasteiger partial charge is 0.130 e. The number of fused-ring (bicyclic) bond motifs is 4. The van der Waals surface area contributed by atoms with Gasteiger partial charge >= 0.3 is 0 Å². The van der Waals surface area contributed by atoms with Gasteiger partial charge in [-0.2, -0.15) is 0 Å². The van der Waals surface area contributed by atoms with Crippen molar-refractivity contribution in [1.29, 1.82) is 0 Å². The van der Waals surface area contributed by atoms with Gasteiger partial charge in [0.05, 0.1) is 24.5 Å². The minimum Gasteiger partial charge on any atom is -0.487 e. The highest BCUT2D eigenvalue weighted by Crippen LogP contribution is 2.19. The Morgan fingerprint density at radius 3 is 1.76 bits per heavy atom. The molecular formula is C27H31N5O2. The Kier molecular flexibility index (Phi) is 8.77. The predicted octanol–water partition coefficient (Wildman–Crippen LogP) is 3.35. The summed E-state index contributed by atoms with van der Waals surface area (Å²) in [6.45, 7) is 5.16. The van der Waals surface area contributed by atoms with Crippen LogP contribution in [0.3, 0.4) is 0 Å². The molecule has 2 heterocycles. The highest BCUT2D eigenvalue weighted by molar-refractivity contribution is 5.84. The average molecular weight is 458 g/mol. The number of aromatic nitrogens is 1. The summed E-state index contributed by atoms with van der Waals surface area (Å²) in [5.74, 6) is 1.57. The lowest BCUT2D eigenvalue weighted by molar-refractivity contribution is 0.289. The van der Waals surface area contributed by atoms with Gasteiger partial charge in [-0.1, -0.05) is 30.3 Å². The van der Waals surface area contributed by atoms with Crippen molar-refractivity contribution in [1.82, 2.24) is 9.88 Å². The van der Waals surface area contributed by atoms with E-state index in [1.807, 2.05) is 79.2 Å². The van der Waals surface area contributed by atoms with Crippen LogP contribution in [-0.4, -0.2) is 61.6 Å². The largest absolute Gasteiger partial charge is 0.487 e. The third-order valence-corrected chi connectivity index (χ3v) is 5.45. The molecule has 0 amide bonds. The number of hydrogen-bond acceptors (Lipinski definition) is 7. The maximum absolute atomic E-state index is 6.09. The normalized spacial score (nSPS) is 15.4. The first-order chi connectivity index (χ1) is 16.8. The third kappa shape index (κ3) is 6.97. The van der Waals surface area contributed by atoms with Gasteiger partial charge in [-0.25, -0.2) is 0 Å². The Morgan fingerprint density at radius 1 is 0.706 bits per heavy atom. The first kappa shape index (κ1) is 23.6. The Morgan fingerprint density at radius 2 is 1.24 bits per heavy atom. The molecule has 7 heteroatoms. The molecule has 7 nitrogen and oxygen atoms in total. The van der Waals surface area contributed by atoms with E-state index in [0.29, 0.717) is 32.8 Å². The van der Waals surface area contributed by atoms with Crippen molar-refractivity contribution < 1.29 is 9.47 Å². The highest BCUT2D eigenvalue weighted by atomic mass is 16.5. The standard InChI is InChI=1S/C27H31N5O2/c28-12-15-32-16-13-29-18-22-6-1-3-10-26(22)33-20-24-8-5-9-25(31-24)21-34-27-11-4-2-7-23(27)19-30-14-17-32/h1-11,18-19H,12-17,20-21,28H2. The predicted molar refractivity (Wildman–Crippen MR) is 136 cm³/mol. The number of hydrogen-bond donors (Lipinski definition) is 1. The Bertz CT molecular complexity index is 1030. The van der Waals surface area contributed by atoms with E-state index in [9.17, 15) is 0 Å². The van der Waals surface area contributed by atoms with Gasteiger partial charge in [-0.05, 0) is 36.4 Å². The molecule has 2 N–H and O–H groups in total. The van der Waals surface area contributed by atoms with E-state index >= 15 is 0 Å². The molecule has 1 aliphatic rings. The molecule has 0 atom stereocenters. The fourth-order valence-electron chi connectivity index (χ4n) is 3.67. The Labute approximate surface area is 201 Å². The topological polar surface area (TPSA) is 85.3 Å². The fourth-order valence-corrected chi connectivity index (χ4v) is 3.67. The quantitative estimate of drug-likeness (QED) is 0.638. The molecule has 0 fully saturated rings. The Balaban J connectivity index is 1.57. The van der Waals surface area contributed by atoms with Gasteiger partial charge in [0.1, 0.15) is 24.7 Å². The van der Waals surface area contributed by atoms with E-state index in [2.05, 4.69) is 14.9 Å². The number of aliphatic imine (C=N–C) groups is 2. The number of nitrogens with two attached hydrogens (primary N) is 1. The monoisotopic (exact) mass is 457 g/mol. The van der Waals surface area contributed by atoms with E-state index in [-0.39, 0.29) is 0 Å². The molecule has 3 aromatic rings. The lowest BCUT2D eigenvalue weighted by atomic mass is 10.2. The number of benzene rings is 2. The van der Waals surface area contributed by atoms with E-state index in [4.69, 9.17) is 20.2 Å². The number of ether oxygens (including phenoxy) is 2. The average Bonchev–Trinajstić information content (AvgIpc) is 2.87. The number of para-hydroxylation sites is 2. The van der Waals surface area contributed by atoms with Gasteiger partial charge in [0, 0.05) is 49.7 Å². The molecule has 0 saturated carbocycles. The van der Waals surface area contributed by atoms with Crippen molar-refractivity contribution in [2.75, 3.05) is 39.3 Å². The van der Waals surface area contributed by atoms with Crippen molar-refractivity contribution in [3.8, 4) is 11.5 Å². The first-order valence-electron chi connectivity index (χ1n) is 11.6. The van der Waals surface area contributed by atoms with E-state index < -0.39 is 0 Å². The van der Waals surface area contributed by atoms with Crippen LogP contribution >= 0.6 is 0 Å². The van der Waals surface area contributed by atoms with Crippen molar-refractivity contribution in [2.24, 2.45) is 15.7 Å². The SMILES string of the molecule is NCCN1CCN=Cc2ccccc2OCc2cccc(n2)COc2ccccc2C=NCC1. The maximum Gasteiger partial charge on any atom is 0.130 e. The maximum atomic E-state index is 6.09. The minimum atomic E-state index is 0.367. The van der Waals surface area contributed by atoms with E-state index in [1.54, 1.807) is 0 Å². The molecule has 34 heavy (non-hydrogen) atoms. The van der Waals surface area contributed by atoms with Crippen LogP contribution in [0.25, 0.3) is 0 Å². The van der Waals surface area contributed by atoms with Gasteiger partial charge in [0.15, 0.2) is 0 Å². The zero-order chi connectivity index (χ0) is 23.4. The molecule has 2 aromatic carbocycles. The molecule has 1 aromatic heterocycles. The van der Waals surface area contributed by atoms with Crippen LogP contribution in [0.4, 0.5) is 0 Å². The molecule has 4 rings (SSSR count). The van der Waals surface area contributed by atoms with Crippen LogP contribution in [-0.2, 0) is 13.2 Å². The summed E-state index contributed by atoms with van der Waals surface area (Å²) in [6, 6.07) is 21.7. The second-order valence-corrected chi connectivity index (χ2v) is 7.97. The first-order valence-corrected chi connectivity index (χ1v) is 11.6. The van der Waals surface area contributed by atoms with Crippen LogP contribution in [0.2, 0.25) is 0 Å². The van der Waals surface area contributed by atoms with Crippen molar-refractivity contribution in [2.45, 2.75) is 13.2 Å². The zero-order valence-electron chi connectivity index (χ0n) is 19.3. The Hall–Kier alpha value is -3.55. The van der Waals surface area contributed by atoms with Crippen LogP contribution < -0.4 is 15.2 Å². The molecule has 0 saturated heterocycles. The zero-order valence-corrected chi connectivity index (χ0v) is 19.3. The summed E-state index contributed by atoms with van der Waals surface area (Å²) in [5, 5.41) is 0. The van der Waals surface area contributed by atoms with Crippen molar-refractivity contribution in [3.05, 3.63) is 89.2 Å². The number of rotatable bonds is 2. The molecular weight excluding hydrogens is 426 g/mol. The number of nitrogens with zero attached hydrogens (tertiary/aromatic N) is 4. The second kappa shape index (κ2) is 12.6. The van der Waals surface area contributed by atoms with Crippen LogP contribution in [0, 0.1) is 0 Å². The summed E-state index contributed by atoms with van der Waals surface area (Å²) in [5.41, 5.74) is 9.39. The molecule has 176 valence electrons.